The number of halogens is 1. The molecule has 1 unspecified atom stereocenters. The fourth-order valence-corrected chi connectivity index (χ4v) is 3.32. The molecule has 1 aromatic rings. The Morgan fingerprint density at radius 1 is 1.00 bits per heavy atom. The van der Waals surface area contributed by atoms with Crippen LogP contribution >= 0.6 is 11.6 Å². The minimum atomic E-state index is 0.399. The molecule has 1 aromatic carbocycles. The van der Waals surface area contributed by atoms with Crippen LogP contribution in [0.1, 0.15) is 64.0 Å². The Kier molecular flexibility index (Phi) is 5.72. The molecule has 0 aliphatic heterocycles. The fraction of sp³-hybridized carbons (Fsp3) is 0.647. The molecule has 0 amide bonds. The molecule has 1 N–H and O–H groups in total. The zero-order valence-corrected chi connectivity index (χ0v) is 12.9. The van der Waals surface area contributed by atoms with Crippen molar-refractivity contribution in [1.29, 1.82) is 0 Å². The zero-order valence-electron chi connectivity index (χ0n) is 12.2. The van der Waals surface area contributed by atoms with Crippen LogP contribution in [-0.2, 0) is 0 Å². The topological polar surface area (TPSA) is 12.0 Å². The minimum Gasteiger partial charge on any atom is -0.307 e. The second kappa shape index (κ2) is 7.31. The van der Waals surface area contributed by atoms with Crippen LogP contribution in [0.3, 0.4) is 0 Å². The molecule has 0 saturated heterocycles. The Bertz CT molecular complexity index is 365. The van der Waals surface area contributed by atoms with Crippen LogP contribution in [0.15, 0.2) is 24.3 Å². The Labute approximate surface area is 122 Å². The lowest BCUT2D eigenvalue weighted by atomic mass is 9.92. The summed E-state index contributed by atoms with van der Waals surface area (Å²) in [5.74, 6) is 0.845. The Hall–Kier alpha value is -0.530. The van der Waals surface area contributed by atoms with Gasteiger partial charge in [0.05, 0.1) is 0 Å². The van der Waals surface area contributed by atoms with E-state index in [-0.39, 0.29) is 0 Å². The summed E-state index contributed by atoms with van der Waals surface area (Å²) in [6.07, 6.45) is 8.45. The second-order valence-electron chi connectivity index (χ2n) is 5.98. The third-order valence-electron chi connectivity index (χ3n) is 4.49. The average Bonchev–Trinajstić information content (AvgIpc) is 2.68. The van der Waals surface area contributed by atoms with Gasteiger partial charge < -0.3 is 5.32 Å². The van der Waals surface area contributed by atoms with Gasteiger partial charge in [-0.3, -0.25) is 0 Å². The molecule has 1 fully saturated rings. The third-order valence-corrected chi connectivity index (χ3v) is 4.74. The van der Waals surface area contributed by atoms with Gasteiger partial charge in [-0.2, -0.15) is 0 Å². The van der Waals surface area contributed by atoms with E-state index in [1.165, 1.54) is 44.1 Å². The van der Waals surface area contributed by atoms with Crippen molar-refractivity contribution in [1.82, 2.24) is 5.32 Å². The van der Waals surface area contributed by atoms with Crippen LogP contribution in [0.2, 0.25) is 5.02 Å². The largest absolute Gasteiger partial charge is 0.307 e. The first-order valence-electron chi connectivity index (χ1n) is 7.68. The van der Waals surface area contributed by atoms with Crippen molar-refractivity contribution < 1.29 is 0 Å². The molecular weight excluding hydrogens is 254 g/mol. The van der Waals surface area contributed by atoms with Crippen LogP contribution in [-0.4, -0.2) is 6.04 Å². The summed E-state index contributed by atoms with van der Waals surface area (Å²) in [6.45, 7) is 4.60. The molecule has 1 nitrogen and oxygen atoms in total. The molecule has 0 spiro atoms. The first-order valence-corrected chi connectivity index (χ1v) is 8.06. The lowest BCUT2D eigenvalue weighted by molar-refractivity contribution is 0.316. The molecule has 2 heteroatoms. The number of nitrogens with one attached hydrogen (secondary N) is 1. The molecular formula is C17H26ClN. The molecule has 1 aliphatic carbocycles. The van der Waals surface area contributed by atoms with Crippen LogP contribution in [0.5, 0.6) is 0 Å². The van der Waals surface area contributed by atoms with Gasteiger partial charge in [0.25, 0.3) is 0 Å². The highest BCUT2D eigenvalue weighted by Crippen LogP contribution is 2.27. The predicted molar refractivity (Wildman–Crippen MR) is 83.7 cm³/mol. The van der Waals surface area contributed by atoms with Crippen molar-refractivity contribution in [2.45, 2.75) is 64.5 Å². The summed E-state index contributed by atoms with van der Waals surface area (Å²) < 4.78 is 0. The summed E-state index contributed by atoms with van der Waals surface area (Å²) in [5, 5.41) is 4.58. The minimum absolute atomic E-state index is 0.399. The van der Waals surface area contributed by atoms with Crippen molar-refractivity contribution in [3.8, 4) is 0 Å². The van der Waals surface area contributed by atoms with Crippen molar-refractivity contribution in [3.63, 3.8) is 0 Å². The van der Waals surface area contributed by atoms with E-state index in [1.54, 1.807) is 0 Å². The standard InChI is InChI=1S/C17H26ClN/c1-13(15-7-5-3-4-6-8-15)19-14(2)16-9-11-17(18)12-10-16/h9-15,19H,3-8H2,1-2H3/t13-,14?/m1/s1. The van der Waals surface area contributed by atoms with E-state index >= 15 is 0 Å². The molecule has 1 aliphatic rings. The maximum absolute atomic E-state index is 5.94. The van der Waals surface area contributed by atoms with E-state index in [1.807, 2.05) is 12.1 Å². The molecule has 0 bridgehead atoms. The van der Waals surface area contributed by atoms with Gasteiger partial charge in [-0.15, -0.1) is 0 Å². The van der Waals surface area contributed by atoms with Gasteiger partial charge in [0, 0.05) is 17.1 Å². The molecule has 2 atom stereocenters. The smallest absolute Gasteiger partial charge is 0.0406 e. The van der Waals surface area contributed by atoms with Crippen molar-refractivity contribution in [2.24, 2.45) is 5.92 Å². The first kappa shape index (κ1) is 14.9. The van der Waals surface area contributed by atoms with Crippen LogP contribution in [0.25, 0.3) is 0 Å². The van der Waals surface area contributed by atoms with Gasteiger partial charge in [-0.05, 0) is 50.3 Å². The van der Waals surface area contributed by atoms with Gasteiger partial charge in [0.15, 0.2) is 0 Å². The van der Waals surface area contributed by atoms with E-state index in [0.717, 1.165) is 10.9 Å². The molecule has 0 radical (unpaired) electrons. The molecule has 0 aromatic heterocycles. The number of hydrogen-bond acceptors (Lipinski definition) is 1. The zero-order chi connectivity index (χ0) is 13.7. The molecule has 19 heavy (non-hydrogen) atoms. The second-order valence-corrected chi connectivity index (χ2v) is 6.42. The van der Waals surface area contributed by atoms with E-state index in [9.17, 15) is 0 Å². The lowest BCUT2D eigenvalue weighted by Crippen LogP contribution is -2.35. The van der Waals surface area contributed by atoms with E-state index < -0.39 is 0 Å². The Morgan fingerprint density at radius 2 is 1.58 bits per heavy atom. The lowest BCUT2D eigenvalue weighted by Gasteiger charge is -2.27. The number of hydrogen-bond donors (Lipinski definition) is 1. The summed E-state index contributed by atoms with van der Waals surface area (Å²) in [6, 6.07) is 9.20. The highest BCUT2D eigenvalue weighted by atomic mass is 35.5. The quantitative estimate of drug-likeness (QED) is 0.733. The highest BCUT2D eigenvalue weighted by molar-refractivity contribution is 6.30. The van der Waals surface area contributed by atoms with Crippen molar-refractivity contribution in [2.75, 3.05) is 0 Å². The van der Waals surface area contributed by atoms with Gasteiger partial charge in [-0.25, -0.2) is 0 Å². The maximum atomic E-state index is 5.94. The van der Waals surface area contributed by atoms with Gasteiger partial charge >= 0.3 is 0 Å². The highest BCUT2D eigenvalue weighted by Gasteiger charge is 2.20. The van der Waals surface area contributed by atoms with Crippen LogP contribution < -0.4 is 5.32 Å². The Balaban J connectivity index is 1.89. The van der Waals surface area contributed by atoms with Gasteiger partial charge in [0.1, 0.15) is 0 Å². The summed E-state index contributed by atoms with van der Waals surface area (Å²) >= 11 is 5.94. The fourth-order valence-electron chi connectivity index (χ4n) is 3.19. The summed E-state index contributed by atoms with van der Waals surface area (Å²) in [5.41, 5.74) is 1.32. The molecule has 2 rings (SSSR count). The van der Waals surface area contributed by atoms with E-state index in [2.05, 4.69) is 31.3 Å². The molecule has 106 valence electrons. The third kappa shape index (κ3) is 4.50. The van der Waals surface area contributed by atoms with E-state index in [0.29, 0.717) is 12.1 Å². The van der Waals surface area contributed by atoms with Crippen LogP contribution in [0.4, 0.5) is 0 Å². The SMILES string of the molecule is CC(N[C@H](C)C1CCCCCC1)c1ccc(Cl)cc1. The van der Waals surface area contributed by atoms with Crippen molar-refractivity contribution in [3.05, 3.63) is 34.9 Å². The Morgan fingerprint density at radius 3 is 2.16 bits per heavy atom. The molecule has 0 heterocycles. The monoisotopic (exact) mass is 279 g/mol. The normalized spacial score (nSPS) is 20.8. The summed E-state index contributed by atoms with van der Waals surface area (Å²) in [4.78, 5) is 0. The van der Waals surface area contributed by atoms with Gasteiger partial charge in [0.2, 0.25) is 0 Å². The van der Waals surface area contributed by atoms with Crippen LogP contribution in [0, 0.1) is 5.92 Å². The van der Waals surface area contributed by atoms with E-state index in [4.69, 9.17) is 11.6 Å². The predicted octanol–water partition coefficient (Wildman–Crippen LogP) is 5.35. The van der Waals surface area contributed by atoms with Crippen molar-refractivity contribution >= 4 is 11.6 Å². The maximum Gasteiger partial charge on any atom is 0.0406 e. The molecule has 1 saturated carbocycles. The number of rotatable bonds is 4. The average molecular weight is 280 g/mol. The number of benzene rings is 1. The summed E-state index contributed by atoms with van der Waals surface area (Å²) in [7, 11) is 0. The first-order chi connectivity index (χ1) is 9.16. The van der Waals surface area contributed by atoms with Gasteiger partial charge in [-0.1, -0.05) is 49.4 Å².